The van der Waals surface area contributed by atoms with Crippen LogP contribution >= 0.6 is 11.6 Å². The maximum Gasteiger partial charge on any atom is 0.143 e. The van der Waals surface area contributed by atoms with Gasteiger partial charge in [0, 0.05) is 37.4 Å². The van der Waals surface area contributed by atoms with Crippen LogP contribution in [0.1, 0.15) is 18.1 Å². The van der Waals surface area contributed by atoms with E-state index in [1.54, 1.807) is 6.33 Å². The largest absolute Gasteiger partial charge is 0.352 e. The molecular weight excluding hydrogens is 338 g/mol. The zero-order valence-corrected chi connectivity index (χ0v) is 15.2. The molecule has 0 spiro atoms. The molecule has 1 fully saturated rings. The zero-order chi connectivity index (χ0) is 17.6. The number of rotatable bonds is 2. The molecule has 25 heavy (non-hydrogen) atoms. The Morgan fingerprint density at radius 2 is 1.84 bits per heavy atom. The molecule has 0 amide bonds. The number of halogens is 1. The van der Waals surface area contributed by atoms with Crippen molar-refractivity contribution in [1.29, 1.82) is 0 Å². The number of aromatic amines is 1. The van der Waals surface area contributed by atoms with E-state index in [1.165, 1.54) is 11.9 Å². The molecule has 4 heterocycles. The van der Waals surface area contributed by atoms with E-state index in [1.807, 2.05) is 13.1 Å². The lowest BCUT2D eigenvalue weighted by Gasteiger charge is -2.41. The van der Waals surface area contributed by atoms with E-state index in [4.69, 9.17) is 11.6 Å². The highest BCUT2D eigenvalue weighted by Gasteiger charge is 2.28. The molecule has 0 aliphatic carbocycles. The van der Waals surface area contributed by atoms with Gasteiger partial charge in [-0.25, -0.2) is 19.9 Å². The second kappa shape index (κ2) is 6.15. The SMILES string of the molecule is Cc1c(Cl)ncnc1N1CCN(c2ncnc3[nH]cc(C)c23)CC1C. The molecular formula is C17H20ClN7. The van der Waals surface area contributed by atoms with Gasteiger partial charge in [0.25, 0.3) is 0 Å². The molecule has 0 saturated carbocycles. The van der Waals surface area contributed by atoms with Gasteiger partial charge in [0.2, 0.25) is 0 Å². The lowest BCUT2D eigenvalue weighted by molar-refractivity contribution is 0.542. The number of nitrogens with zero attached hydrogens (tertiary/aromatic N) is 6. The Labute approximate surface area is 151 Å². The van der Waals surface area contributed by atoms with Gasteiger partial charge in [0.15, 0.2) is 0 Å². The van der Waals surface area contributed by atoms with Gasteiger partial charge in [-0.1, -0.05) is 11.6 Å². The van der Waals surface area contributed by atoms with Crippen LogP contribution in [0.25, 0.3) is 11.0 Å². The molecule has 7 nitrogen and oxygen atoms in total. The number of anilines is 2. The van der Waals surface area contributed by atoms with Crippen LogP contribution in [0, 0.1) is 13.8 Å². The number of aromatic nitrogens is 5. The van der Waals surface area contributed by atoms with Gasteiger partial charge in [-0.3, -0.25) is 0 Å². The van der Waals surface area contributed by atoms with Crippen molar-refractivity contribution in [3.05, 3.63) is 35.1 Å². The van der Waals surface area contributed by atoms with Gasteiger partial charge in [-0.05, 0) is 26.3 Å². The van der Waals surface area contributed by atoms with Crippen LogP contribution in [-0.2, 0) is 0 Å². The number of aryl methyl sites for hydroxylation is 1. The summed E-state index contributed by atoms with van der Waals surface area (Å²) in [5, 5.41) is 1.62. The zero-order valence-electron chi connectivity index (χ0n) is 14.5. The fourth-order valence-corrected chi connectivity index (χ4v) is 3.64. The number of piperazine rings is 1. The molecule has 1 atom stereocenters. The molecule has 8 heteroatoms. The average molecular weight is 358 g/mol. The van der Waals surface area contributed by atoms with Crippen LogP contribution in [0.15, 0.2) is 18.9 Å². The quantitative estimate of drug-likeness (QED) is 0.711. The second-order valence-electron chi connectivity index (χ2n) is 6.49. The number of fused-ring (bicyclic) bond motifs is 1. The fourth-order valence-electron chi connectivity index (χ4n) is 3.51. The van der Waals surface area contributed by atoms with Crippen molar-refractivity contribution >= 4 is 34.3 Å². The number of hydrogen-bond acceptors (Lipinski definition) is 6. The monoisotopic (exact) mass is 357 g/mol. The predicted octanol–water partition coefficient (Wildman–Crippen LogP) is 2.73. The summed E-state index contributed by atoms with van der Waals surface area (Å²) in [5.74, 6) is 1.91. The molecule has 0 aromatic carbocycles. The molecule has 3 aromatic heterocycles. The van der Waals surface area contributed by atoms with Crippen LogP contribution in [-0.4, -0.2) is 50.6 Å². The second-order valence-corrected chi connectivity index (χ2v) is 6.85. The van der Waals surface area contributed by atoms with E-state index in [0.29, 0.717) is 5.15 Å². The molecule has 0 radical (unpaired) electrons. The predicted molar refractivity (Wildman–Crippen MR) is 99.4 cm³/mol. The molecule has 1 aliphatic heterocycles. The van der Waals surface area contributed by atoms with Crippen LogP contribution in [0.4, 0.5) is 11.6 Å². The van der Waals surface area contributed by atoms with Gasteiger partial charge < -0.3 is 14.8 Å². The van der Waals surface area contributed by atoms with E-state index >= 15 is 0 Å². The molecule has 1 aliphatic rings. The van der Waals surface area contributed by atoms with Crippen molar-refractivity contribution in [2.24, 2.45) is 0 Å². The van der Waals surface area contributed by atoms with E-state index in [-0.39, 0.29) is 6.04 Å². The van der Waals surface area contributed by atoms with Crippen molar-refractivity contribution in [2.45, 2.75) is 26.8 Å². The maximum absolute atomic E-state index is 6.17. The van der Waals surface area contributed by atoms with Crippen molar-refractivity contribution in [2.75, 3.05) is 29.4 Å². The Balaban J connectivity index is 1.63. The first-order valence-corrected chi connectivity index (χ1v) is 8.71. The first kappa shape index (κ1) is 16.1. The first-order valence-electron chi connectivity index (χ1n) is 8.33. The topological polar surface area (TPSA) is 73.8 Å². The molecule has 0 bridgehead atoms. The summed E-state index contributed by atoms with van der Waals surface area (Å²) in [4.78, 5) is 25.2. The maximum atomic E-state index is 6.17. The number of nitrogens with one attached hydrogen (secondary N) is 1. The smallest absolute Gasteiger partial charge is 0.143 e. The van der Waals surface area contributed by atoms with Gasteiger partial charge >= 0.3 is 0 Å². The van der Waals surface area contributed by atoms with E-state index in [9.17, 15) is 0 Å². The number of H-pyrrole nitrogens is 1. The Bertz CT molecular complexity index is 923. The molecule has 1 unspecified atom stereocenters. The Morgan fingerprint density at radius 1 is 1.08 bits per heavy atom. The summed E-state index contributed by atoms with van der Waals surface area (Å²) in [6.07, 6.45) is 5.13. The standard InChI is InChI=1S/C17H20ClN7/c1-10-6-19-15-13(10)17(23-9-21-15)24-4-5-25(11(2)7-24)16-12(3)14(18)20-8-22-16/h6,8-9,11H,4-5,7H2,1-3H3,(H,19,21,23). The number of hydrogen-bond donors (Lipinski definition) is 1. The van der Waals surface area contributed by atoms with Crippen molar-refractivity contribution in [3.8, 4) is 0 Å². The van der Waals surface area contributed by atoms with Gasteiger partial charge in [-0.2, -0.15) is 0 Å². The Hall–Kier alpha value is -2.41. The highest BCUT2D eigenvalue weighted by Crippen LogP contribution is 2.30. The van der Waals surface area contributed by atoms with Crippen molar-refractivity contribution in [3.63, 3.8) is 0 Å². The molecule has 3 aromatic rings. The summed E-state index contributed by atoms with van der Waals surface area (Å²) in [5.41, 5.74) is 2.98. The summed E-state index contributed by atoms with van der Waals surface area (Å²) in [7, 11) is 0. The summed E-state index contributed by atoms with van der Waals surface area (Å²) in [6.45, 7) is 8.82. The summed E-state index contributed by atoms with van der Waals surface area (Å²) in [6, 6.07) is 0.280. The molecule has 4 rings (SSSR count). The highest BCUT2D eigenvalue weighted by atomic mass is 35.5. The molecule has 1 saturated heterocycles. The van der Waals surface area contributed by atoms with Gasteiger partial charge in [0.1, 0.15) is 35.1 Å². The van der Waals surface area contributed by atoms with Crippen LogP contribution < -0.4 is 9.80 Å². The summed E-state index contributed by atoms with van der Waals surface area (Å²) >= 11 is 6.17. The lowest BCUT2D eigenvalue weighted by atomic mass is 10.1. The van der Waals surface area contributed by atoms with E-state index in [0.717, 1.165) is 47.9 Å². The van der Waals surface area contributed by atoms with Crippen LogP contribution in [0.3, 0.4) is 0 Å². The third kappa shape index (κ3) is 2.68. The first-order chi connectivity index (χ1) is 12.1. The minimum Gasteiger partial charge on any atom is -0.352 e. The van der Waals surface area contributed by atoms with E-state index < -0.39 is 0 Å². The van der Waals surface area contributed by atoms with Crippen LogP contribution in [0.2, 0.25) is 5.15 Å². The molecule has 130 valence electrons. The minimum atomic E-state index is 0.280. The van der Waals surface area contributed by atoms with Gasteiger partial charge in [0.05, 0.1) is 5.39 Å². The fraction of sp³-hybridized carbons (Fsp3) is 0.412. The molecule has 1 N–H and O–H groups in total. The summed E-state index contributed by atoms with van der Waals surface area (Å²) < 4.78 is 0. The Kier molecular flexibility index (Phi) is 3.95. The highest BCUT2D eigenvalue weighted by molar-refractivity contribution is 6.30. The Morgan fingerprint density at radius 3 is 2.64 bits per heavy atom. The van der Waals surface area contributed by atoms with Gasteiger partial charge in [-0.15, -0.1) is 0 Å². The van der Waals surface area contributed by atoms with Crippen molar-refractivity contribution in [1.82, 2.24) is 24.9 Å². The van der Waals surface area contributed by atoms with Crippen molar-refractivity contribution < 1.29 is 0 Å². The third-order valence-corrected chi connectivity index (χ3v) is 5.22. The third-order valence-electron chi connectivity index (χ3n) is 4.84. The average Bonchev–Trinajstić information content (AvgIpc) is 2.99. The van der Waals surface area contributed by atoms with E-state index in [2.05, 4.69) is 48.6 Å². The lowest BCUT2D eigenvalue weighted by Crippen LogP contribution is -2.53. The van der Waals surface area contributed by atoms with Crippen LogP contribution in [0.5, 0.6) is 0 Å². The minimum absolute atomic E-state index is 0.280. The normalized spacial score (nSPS) is 18.2.